The first-order valence-corrected chi connectivity index (χ1v) is 13.0. The molecule has 0 unspecified atom stereocenters. The molecule has 0 amide bonds. The van der Waals surface area contributed by atoms with E-state index in [0.717, 1.165) is 53.8 Å². The fourth-order valence-corrected chi connectivity index (χ4v) is 6.02. The van der Waals surface area contributed by atoms with Crippen LogP contribution in [0.4, 0.5) is 18.9 Å². The predicted octanol–water partition coefficient (Wildman–Crippen LogP) is 6.55. The molecule has 0 radical (unpaired) electrons. The van der Waals surface area contributed by atoms with Gasteiger partial charge in [0.2, 0.25) is 0 Å². The van der Waals surface area contributed by atoms with E-state index in [1.54, 1.807) is 0 Å². The first kappa shape index (κ1) is 24.8. The minimum atomic E-state index is -0.625. The van der Waals surface area contributed by atoms with Crippen molar-refractivity contribution in [2.75, 3.05) is 31.6 Å². The molecule has 2 N–H and O–H groups in total. The lowest BCUT2D eigenvalue weighted by Crippen LogP contribution is -2.42. The van der Waals surface area contributed by atoms with Crippen molar-refractivity contribution in [1.82, 2.24) is 14.8 Å². The predicted molar refractivity (Wildman–Crippen MR) is 140 cm³/mol. The van der Waals surface area contributed by atoms with Crippen molar-refractivity contribution in [3.8, 4) is 0 Å². The molecular formula is C29H35F3N4. The molecule has 0 saturated carbocycles. The Labute approximate surface area is 211 Å². The van der Waals surface area contributed by atoms with Gasteiger partial charge in [-0.1, -0.05) is 31.7 Å². The number of alkyl halides is 1. The van der Waals surface area contributed by atoms with Crippen LogP contribution in [0.25, 0.3) is 10.9 Å². The number of anilines is 1. The number of fused-ring (bicyclic) bond motifs is 3. The Balaban J connectivity index is 1.50. The summed E-state index contributed by atoms with van der Waals surface area (Å²) in [5.74, 6) is -1.13. The van der Waals surface area contributed by atoms with Crippen molar-refractivity contribution in [3.05, 3.63) is 77.1 Å². The van der Waals surface area contributed by atoms with Crippen molar-refractivity contribution in [2.45, 2.75) is 57.7 Å². The lowest BCUT2D eigenvalue weighted by Gasteiger charge is -2.43. The molecule has 3 aromatic rings. The molecule has 1 saturated heterocycles. The van der Waals surface area contributed by atoms with Crippen LogP contribution < -0.4 is 5.32 Å². The van der Waals surface area contributed by atoms with Gasteiger partial charge in [-0.05, 0) is 56.4 Å². The Morgan fingerprint density at radius 2 is 1.94 bits per heavy atom. The van der Waals surface area contributed by atoms with Crippen molar-refractivity contribution < 1.29 is 13.2 Å². The molecule has 0 spiro atoms. The second-order valence-corrected chi connectivity index (χ2v) is 10.2. The SMILES string of the molecule is C=C(CC)N1[C@H](c2c(F)cc(N[C@H]3CCN(CCCF)C3)cc2F)c2[nH]c3ccccc3c2C[C@H]1C. The summed E-state index contributed by atoms with van der Waals surface area (Å²) in [5, 5.41) is 4.40. The van der Waals surface area contributed by atoms with Gasteiger partial charge in [0, 0.05) is 59.7 Å². The number of benzene rings is 2. The van der Waals surface area contributed by atoms with Gasteiger partial charge >= 0.3 is 0 Å². The van der Waals surface area contributed by atoms with E-state index < -0.39 is 17.7 Å². The van der Waals surface area contributed by atoms with Crippen LogP contribution in [0, 0.1) is 11.6 Å². The number of likely N-dealkylation sites (tertiary alicyclic amines) is 1. The average Bonchev–Trinajstić information content (AvgIpc) is 3.46. The summed E-state index contributed by atoms with van der Waals surface area (Å²) < 4.78 is 44.2. The fourth-order valence-electron chi connectivity index (χ4n) is 6.02. The maximum atomic E-state index is 15.8. The first-order valence-electron chi connectivity index (χ1n) is 13.0. The minimum Gasteiger partial charge on any atom is -0.381 e. The molecule has 1 aromatic heterocycles. The molecule has 36 heavy (non-hydrogen) atoms. The monoisotopic (exact) mass is 496 g/mol. The molecule has 2 aliphatic heterocycles. The zero-order chi connectivity index (χ0) is 25.4. The number of aromatic amines is 1. The van der Waals surface area contributed by atoms with Gasteiger partial charge in [-0.3, -0.25) is 4.39 Å². The van der Waals surface area contributed by atoms with Crippen molar-refractivity contribution in [2.24, 2.45) is 0 Å². The number of H-pyrrole nitrogens is 1. The molecule has 0 bridgehead atoms. The summed E-state index contributed by atoms with van der Waals surface area (Å²) in [6.45, 7) is 10.3. The molecule has 3 heterocycles. The topological polar surface area (TPSA) is 34.3 Å². The number of halogens is 3. The maximum absolute atomic E-state index is 15.8. The highest BCUT2D eigenvalue weighted by Gasteiger charge is 2.39. The van der Waals surface area contributed by atoms with Crippen molar-refractivity contribution in [3.63, 3.8) is 0 Å². The largest absolute Gasteiger partial charge is 0.381 e. The van der Waals surface area contributed by atoms with Crippen LogP contribution in [0.5, 0.6) is 0 Å². The molecule has 5 rings (SSSR count). The maximum Gasteiger partial charge on any atom is 0.133 e. The lowest BCUT2D eigenvalue weighted by molar-refractivity contribution is 0.189. The van der Waals surface area contributed by atoms with Gasteiger partial charge in [0.15, 0.2) is 0 Å². The second kappa shape index (κ2) is 10.2. The van der Waals surface area contributed by atoms with E-state index in [-0.39, 0.29) is 24.3 Å². The van der Waals surface area contributed by atoms with Crippen LogP contribution in [-0.2, 0) is 6.42 Å². The van der Waals surface area contributed by atoms with E-state index in [1.165, 1.54) is 12.1 Å². The van der Waals surface area contributed by atoms with Crippen LogP contribution in [0.1, 0.15) is 56.0 Å². The van der Waals surface area contributed by atoms with Crippen molar-refractivity contribution >= 4 is 16.6 Å². The van der Waals surface area contributed by atoms with E-state index in [0.29, 0.717) is 25.1 Å². The normalized spacial score (nSPS) is 22.2. The summed E-state index contributed by atoms with van der Waals surface area (Å²) >= 11 is 0. The highest BCUT2D eigenvalue weighted by atomic mass is 19.1. The van der Waals surface area contributed by atoms with Crippen LogP contribution in [0.3, 0.4) is 0 Å². The first-order chi connectivity index (χ1) is 17.4. The number of hydrogen-bond acceptors (Lipinski definition) is 3. The molecule has 1 fully saturated rings. The number of para-hydroxylation sites is 1. The van der Waals surface area contributed by atoms with Crippen LogP contribution >= 0.6 is 0 Å². The van der Waals surface area contributed by atoms with Gasteiger partial charge < -0.3 is 20.1 Å². The molecule has 2 aromatic carbocycles. The second-order valence-electron chi connectivity index (χ2n) is 10.2. The Kier molecular flexibility index (Phi) is 7.02. The quantitative estimate of drug-likeness (QED) is 0.371. The smallest absolute Gasteiger partial charge is 0.133 e. The summed E-state index contributed by atoms with van der Waals surface area (Å²) in [4.78, 5) is 7.74. The third-order valence-electron chi connectivity index (χ3n) is 7.75. The van der Waals surface area contributed by atoms with Crippen LogP contribution in [-0.4, -0.2) is 53.2 Å². The number of nitrogens with one attached hydrogen (secondary N) is 2. The van der Waals surface area contributed by atoms with Gasteiger partial charge in [-0.2, -0.15) is 0 Å². The standard InChI is InChI=1S/C29H35F3N4/c1-4-18(2)36-19(3)14-23-22-8-5-6-9-26(22)34-28(23)29(36)27-24(31)15-21(16-25(27)32)33-20-10-13-35(17-20)12-7-11-30/h5-6,8-9,15-16,19-20,29,33-34H,2,4,7,10-14,17H2,1,3H3/t19-,20+,29-/m1/s1. The number of aromatic nitrogens is 1. The molecule has 3 atom stereocenters. The number of nitrogens with zero attached hydrogens (tertiary/aromatic N) is 2. The van der Waals surface area contributed by atoms with Gasteiger partial charge in [0.05, 0.1) is 12.2 Å². The highest BCUT2D eigenvalue weighted by molar-refractivity contribution is 5.85. The minimum absolute atomic E-state index is 0.0413. The van der Waals surface area contributed by atoms with Crippen LogP contribution in [0.15, 0.2) is 48.7 Å². The molecule has 4 nitrogen and oxygen atoms in total. The molecule has 0 aliphatic carbocycles. The van der Waals surface area contributed by atoms with E-state index in [4.69, 9.17) is 0 Å². The fraction of sp³-hybridized carbons (Fsp3) is 0.448. The third kappa shape index (κ3) is 4.49. The van der Waals surface area contributed by atoms with E-state index in [1.807, 2.05) is 25.1 Å². The Hall–Kier alpha value is -2.93. The van der Waals surface area contributed by atoms with Gasteiger partial charge in [-0.15, -0.1) is 0 Å². The highest BCUT2D eigenvalue weighted by Crippen LogP contribution is 2.44. The Morgan fingerprint density at radius 3 is 2.67 bits per heavy atom. The number of allylic oxidation sites excluding steroid dienone is 1. The molecular weight excluding hydrogens is 461 g/mol. The Morgan fingerprint density at radius 1 is 1.19 bits per heavy atom. The molecule has 2 aliphatic rings. The summed E-state index contributed by atoms with van der Waals surface area (Å²) in [5.41, 5.74) is 4.27. The zero-order valence-electron chi connectivity index (χ0n) is 21.1. The van der Waals surface area contributed by atoms with Gasteiger partial charge in [0.1, 0.15) is 17.7 Å². The van der Waals surface area contributed by atoms with Crippen LogP contribution in [0.2, 0.25) is 0 Å². The Bertz CT molecular complexity index is 1230. The number of rotatable bonds is 8. The summed E-state index contributed by atoms with van der Waals surface area (Å²) in [6, 6.07) is 10.4. The van der Waals surface area contributed by atoms with E-state index >= 15 is 8.78 Å². The number of hydrogen-bond donors (Lipinski definition) is 2. The zero-order valence-corrected chi connectivity index (χ0v) is 21.1. The van der Waals surface area contributed by atoms with Gasteiger partial charge in [0.25, 0.3) is 0 Å². The molecule has 192 valence electrons. The lowest BCUT2D eigenvalue weighted by atomic mass is 9.87. The summed E-state index contributed by atoms with van der Waals surface area (Å²) in [6.07, 6.45) is 2.85. The van der Waals surface area contributed by atoms with E-state index in [9.17, 15) is 4.39 Å². The average molecular weight is 497 g/mol. The third-order valence-corrected chi connectivity index (χ3v) is 7.75. The van der Waals surface area contributed by atoms with E-state index in [2.05, 4.69) is 39.7 Å². The molecule has 7 heteroatoms. The van der Waals surface area contributed by atoms with Gasteiger partial charge in [-0.25, -0.2) is 8.78 Å². The summed E-state index contributed by atoms with van der Waals surface area (Å²) in [7, 11) is 0. The van der Waals surface area contributed by atoms with Crippen molar-refractivity contribution in [1.29, 1.82) is 0 Å².